The molecule has 7 heteroatoms. The van der Waals surface area contributed by atoms with Gasteiger partial charge in [0.15, 0.2) is 5.82 Å². The molecule has 1 fully saturated rings. The normalized spacial score (nSPS) is 15.9. The molecular formula is C20H30N4O3. The third-order valence-electron chi connectivity index (χ3n) is 4.68. The Balaban J connectivity index is 0.00000210. The molecule has 2 N–H and O–H groups in total. The first-order chi connectivity index (χ1) is 13.0. The van der Waals surface area contributed by atoms with Crippen molar-refractivity contribution in [2.45, 2.75) is 26.4 Å². The van der Waals surface area contributed by atoms with Crippen molar-refractivity contribution in [2.24, 2.45) is 5.92 Å². The van der Waals surface area contributed by atoms with E-state index in [1.165, 1.54) is 0 Å². The largest absolute Gasteiger partial charge is 0.507 e. The maximum Gasteiger partial charge on any atom is 0.251 e. The average Bonchev–Trinajstić information content (AvgIpc) is 2.67. The lowest BCUT2D eigenvalue weighted by molar-refractivity contribution is -0.141. The molecule has 0 spiro atoms. The molecule has 27 heavy (non-hydrogen) atoms. The van der Waals surface area contributed by atoms with Gasteiger partial charge in [-0.15, -0.1) is 0 Å². The van der Waals surface area contributed by atoms with Crippen molar-refractivity contribution in [1.29, 1.82) is 0 Å². The molecule has 1 aliphatic heterocycles. The monoisotopic (exact) mass is 374 g/mol. The highest BCUT2D eigenvalue weighted by Crippen LogP contribution is 2.27. The lowest BCUT2D eigenvalue weighted by Gasteiger charge is -2.36. The van der Waals surface area contributed by atoms with E-state index in [2.05, 4.69) is 14.9 Å². The van der Waals surface area contributed by atoms with E-state index >= 15 is 0 Å². The number of piperazine rings is 1. The fourth-order valence-corrected chi connectivity index (χ4v) is 3.23. The van der Waals surface area contributed by atoms with Crippen molar-refractivity contribution in [2.75, 3.05) is 31.1 Å². The number of carbonyl (C=O) groups excluding carboxylic acids is 1. The van der Waals surface area contributed by atoms with E-state index in [0.29, 0.717) is 44.0 Å². The summed E-state index contributed by atoms with van der Waals surface area (Å²) >= 11 is 0. The van der Waals surface area contributed by atoms with Crippen LogP contribution >= 0.6 is 0 Å². The van der Waals surface area contributed by atoms with E-state index in [1.807, 2.05) is 26.0 Å². The van der Waals surface area contributed by atoms with E-state index in [-0.39, 0.29) is 20.4 Å². The van der Waals surface area contributed by atoms with Crippen LogP contribution in [0.4, 0.5) is 5.82 Å². The molecule has 2 heterocycles. The standard InChI is InChI=1S/C20H26N4O3.2H2/c1-14(2)13-17(26)20(27)24-11-9-23(10-12-24)18-7-8-21-19(22-18)15-5-3-4-6-16(15)25;;/h3-8,14,17,25-26H,9-13H2,1-2H3;2*1H/t17-;;/m1../s1. The third kappa shape index (κ3) is 4.54. The molecule has 3 rings (SSSR count). The Morgan fingerprint density at radius 2 is 1.89 bits per heavy atom. The number of benzene rings is 1. The van der Waals surface area contributed by atoms with Crippen molar-refractivity contribution >= 4 is 11.7 Å². The summed E-state index contributed by atoms with van der Waals surface area (Å²) in [5.74, 6) is 1.46. The predicted molar refractivity (Wildman–Crippen MR) is 108 cm³/mol. The van der Waals surface area contributed by atoms with Crippen LogP contribution in [0.1, 0.15) is 23.1 Å². The van der Waals surface area contributed by atoms with Gasteiger partial charge in [0.1, 0.15) is 17.7 Å². The lowest BCUT2D eigenvalue weighted by Crippen LogP contribution is -2.51. The van der Waals surface area contributed by atoms with Crippen molar-refractivity contribution in [3.63, 3.8) is 0 Å². The maximum absolute atomic E-state index is 12.4. The number of aliphatic hydroxyl groups is 1. The van der Waals surface area contributed by atoms with E-state index in [9.17, 15) is 15.0 Å². The first kappa shape index (κ1) is 19.1. The number of phenols is 1. The minimum Gasteiger partial charge on any atom is -0.507 e. The lowest BCUT2D eigenvalue weighted by atomic mass is 10.0. The van der Waals surface area contributed by atoms with Crippen LogP contribution in [0.15, 0.2) is 36.5 Å². The number of hydrogen-bond donors (Lipinski definition) is 2. The van der Waals surface area contributed by atoms with Gasteiger partial charge in [0.25, 0.3) is 5.91 Å². The molecule has 1 atom stereocenters. The number of amides is 1. The summed E-state index contributed by atoms with van der Waals surface area (Å²) in [5.41, 5.74) is 0.588. The summed E-state index contributed by atoms with van der Waals surface area (Å²) in [7, 11) is 0. The van der Waals surface area contributed by atoms with Crippen molar-refractivity contribution < 1.29 is 17.9 Å². The van der Waals surface area contributed by atoms with Crippen molar-refractivity contribution in [1.82, 2.24) is 14.9 Å². The number of aromatic nitrogens is 2. The minimum atomic E-state index is -0.928. The number of para-hydroxylation sites is 1. The molecule has 1 aromatic heterocycles. The minimum absolute atomic E-state index is 0. The van der Waals surface area contributed by atoms with Crippen LogP contribution in [0.3, 0.4) is 0 Å². The fraction of sp³-hybridized carbons (Fsp3) is 0.450. The van der Waals surface area contributed by atoms with Gasteiger partial charge in [0.2, 0.25) is 0 Å². The van der Waals surface area contributed by atoms with Crippen molar-refractivity contribution in [3.05, 3.63) is 36.5 Å². The smallest absolute Gasteiger partial charge is 0.251 e. The molecule has 7 nitrogen and oxygen atoms in total. The Morgan fingerprint density at radius 3 is 2.56 bits per heavy atom. The first-order valence-electron chi connectivity index (χ1n) is 9.29. The summed E-state index contributed by atoms with van der Waals surface area (Å²) in [5, 5.41) is 20.1. The highest BCUT2D eigenvalue weighted by atomic mass is 16.3. The number of nitrogens with zero attached hydrogens (tertiary/aromatic N) is 4. The molecule has 148 valence electrons. The summed E-state index contributed by atoms with van der Waals surface area (Å²) < 4.78 is 0. The Kier molecular flexibility index (Phi) is 5.91. The molecule has 1 aromatic carbocycles. The van der Waals surface area contributed by atoms with Gasteiger partial charge in [-0.1, -0.05) is 26.0 Å². The Morgan fingerprint density at radius 1 is 1.19 bits per heavy atom. The topological polar surface area (TPSA) is 89.8 Å². The van der Waals surface area contributed by atoms with Crippen molar-refractivity contribution in [3.8, 4) is 17.1 Å². The van der Waals surface area contributed by atoms with E-state index in [0.717, 1.165) is 5.82 Å². The molecule has 0 radical (unpaired) electrons. The molecule has 0 bridgehead atoms. The average molecular weight is 374 g/mol. The number of hydrogen-bond acceptors (Lipinski definition) is 6. The van der Waals surface area contributed by atoms with Gasteiger partial charge in [-0.05, 0) is 30.5 Å². The summed E-state index contributed by atoms with van der Waals surface area (Å²) in [6, 6.07) is 8.80. The molecule has 0 unspecified atom stereocenters. The second-order valence-electron chi connectivity index (χ2n) is 7.21. The first-order valence-corrected chi connectivity index (χ1v) is 9.29. The van der Waals surface area contributed by atoms with Crippen LogP contribution in [0.5, 0.6) is 5.75 Å². The molecule has 1 saturated heterocycles. The number of anilines is 1. The van der Waals surface area contributed by atoms with Crippen LogP contribution in [-0.4, -0.2) is 63.3 Å². The van der Waals surface area contributed by atoms with Crippen LogP contribution in [0, 0.1) is 5.92 Å². The van der Waals surface area contributed by atoms with Gasteiger partial charge in [0.05, 0.1) is 5.56 Å². The van der Waals surface area contributed by atoms with Crippen LogP contribution in [0.25, 0.3) is 11.4 Å². The predicted octanol–water partition coefficient (Wildman–Crippen LogP) is 2.40. The summed E-state index contributed by atoms with van der Waals surface area (Å²) in [6.45, 7) is 6.35. The summed E-state index contributed by atoms with van der Waals surface area (Å²) in [4.78, 5) is 25.0. The zero-order valence-corrected chi connectivity index (χ0v) is 15.7. The van der Waals surface area contributed by atoms with Crippen LogP contribution < -0.4 is 4.90 Å². The maximum atomic E-state index is 12.4. The molecule has 1 amide bonds. The molecule has 0 saturated carbocycles. The Labute approximate surface area is 162 Å². The van der Waals surface area contributed by atoms with Gasteiger partial charge in [0, 0.05) is 35.2 Å². The quantitative estimate of drug-likeness (QED) is 0.835. The van der Waals surface area contributed by atoms with Crippen LogP contribution in [0.2, 0.25) is 0 Å². The zero-order valence-electron chi connectivity index (χ0n) is 15.7. The Hall–Kier alpha value is -2.67. The summed E-state index contributed by atoms with van der Waals surface area (Å²) in [6.07, 6.45) is 1.23. The molecule has 2 aromatic rings. The number of carbonyl (C=O) groups is 1. The number of phenolic OH excluding ortho intramolecular Hbond substituents is 1. The zero-order chi connectivity index (χ0) is 19.4. The van der Waals surface area contributed by atoms with Crippen LogP contribution in [-0.2, 0) is 4.79 Å². The molecular weight excluding hydrogens is 344 g/mol. The second kappa shape index (κ2) is 8.35. The highest BCUT2D eigenvalue weighted by Gasteiger charge is 2.27. The van der Waals surface area contributed by atoms with Gasteiger partial charge >= 0.3 is 0 Å². The number of aliphatic hydroxyl groups excluding tert-OH is 1. The van der Waals surface area contributed by atoms with E-state index in [1.54, 1.807) is 29.3 Å². The van der Waals surface area contributed by atoms with E-state index in [4.69, 9.17) is 0 Å². The Bertz CT molecular complexity index is 799. The number of rotatable bonds is 5. The van der Waals surface area contributed by atoms with Gasteiger partial charge in [-0.3, -0.25) is 4.79 Å². The fourth-order valence-electron chi connectivity index (χ4n) is 3.23. The second-order valence-corrected chi connectivity index (χ2v) is 7.21. The molecule has 0 aliphatic carbocycles. The SMILES string of the molecule is CC(C)C[C@@H](O)C(=O)N1CCN(c2ccnc(-c3ccccc3O)n2)CC1.[HH].[HH]. The third-order valence-corrected chi connectivity index (χ3v) is 4.68. The van der Waals surface area contributed by atoms with Gasteiger partial charge in [-0.25, -0.2) is 9.97 Å². The highest BCUT2D eigenvalue weighted by molar-refractivity contribution is 5.81. The van der Waals surface area contributed by atoms with Gasteiger partial charge in [-0.2, -0.15) is 0 Å². The van der Waals surface area contributed by atoms with Gasteiger partial charge < -0.3 is 20.0 Å². The molecule has 1 aliphatic rings. The van der Waals surface area contributed by atoms with E-state index < -0.39 is 6.10 Å². The number of aromatic hydroxyl groups is 1.